The number of nitrogens with one attached hydrogen (secondary N) is 2. The Kier molecular flexibility index (Phi) is 8.00. The lowest BCUT2D eigenvalue weighted by Crippen LogP contribution is -2.33. The van der Waals surface area contributed by atoms with E-state index in [-0.39, 0.29) is 24.4 Å². The van der Waals surface area contributed by atoms with Crippen LogP contribution in [0.25, 0.3) is 0 Å². The summed E-state index contributed by atoms with van der Waals surface area (Å²) in [5.74, 6) is 0.848. The van der Waals surface area contributed by atoms with Crippen LogP contribution in [-0.2, 0) is 9.53 Å². The Balaban J connectivity index is 0.00000225. The molecule has 0 bridgehead atoms. The van der Waals surface area contributed by atoms with Gasteiger partial charge in [-0.2, -0.15) is 0 Å². The standard InChI is InChI=1S/C19H28N2O3.ClH/c1-14-17(9-4-10-18(14)24-15-6-2-3-7-15)21-19(22)13-20-12-16-8-5-11-23-16;/h4,9-10,15-16,20H,2-3,5-8,11-13H2,1H3,(H,21,22);1H. The zero-order valence-corrected chi connectivity index (χ0v) is 15.7. The van der Waals surface area contributed by atoms with Gasteiger partial charge in [0.25, 0.3) is 0 Å². The Morgan fingerprint density at radius 2 is 2.04 bits per heavy atom. The van der Waals surface area contributed by atoms with Gasteiger partial charge in [-0.3, -0.25) is 4.79 Å². The van der Waals surface area contributed by atoms with Gasteiger partial charge in [0.15, 0.2) is 0 Å². The highest BCUT2D eigenvalue weighted by Gasteiger charge is 2.18. The summed E-state index contributed by atoms with van der Waals surface area (Å²) in [6.45, 7) is 3.87. The molecule has 1 aliphatic carbocycles. The summed E-state index contributed by atoms with van der Waals surface area (Å²) < 4.78 is 11.6. The van der Waals surface area contributed by atoms with Crippen LogP contribution in [0.1, 0.15) is 44.1 Å². The molecule has 25 heavy (non-hydrogen) atoms. The number of ether oxygens (including phenoxy) is 2. The van der Waals surface area contributed by atoms with Crippen molar-refractivity contribution in [3.8, 4) is 5.75 Å². The highest BCUT2D eigenvalue weighted by Crippen LogP contribution is 2.30. The van der Waals surface area contributed by atoms with Crippen molar-refractivity contribution in [2.45, 2.75) is 57.7 Å². The fourth-order valence-electron chi connectivity index (χ4n) is 3.41. The van der Waals surface area contributed by atoms with Crippen LogP contribution in [0.5, 0.6) is 5.75 Å². The normalized spacial score (nSPS) is 20.3. The fraction of sp³-hybridized carbons (Fsp3) is 0.632. The minimum Gasteiger partial charge on any atom is -0.490 e. The van der Waals surface area contributed by atoms with Gasteiger partial charge < -0.3 is 20.1 Å². The predicted molar refractivity (Wildman–Crippen MR) is 102 cm³/mol. The van der Waals surface area contributed by atoms with Crippen molar-refractivity contribution >= 4 is 24.0 Å². The minimum atomic E-state index is -0.0332. The van der Waals surface area contributed by atoms with Crippen LogP contribution in [0, 0.1) is 6.92 Å². The van der Waals surface area contributed by atoms with Crippen molar-refractivity contribution in [3.63, 3.8) is 0 Å². The van der Waals surface area contributed by atoms with Crippen LogP contribution in [0.4, 0.5) is 5.69 Å². The molecule has 1 heterocycles. The summed E-state index contributed by atoms with van der Waals surface area (Å²) in [4.78, 5) is 12.1. The number of amides is 1. The first-order valence-corrected chi connectivity index (χ1v) is 9.11. The third-order valence-electron chi connectivity index (χ3n) is 4.84. The topological polar surface area (TPSA) is 59.6 Å². The number of anilines is 1. The van der Waals surface area contributed by atoms with Gasteiger partial charge in [-0.05, 0) is 57.6 Å². The summed E-state index contributed by atoms with van der Waals surface area (Å²) in [5.41, 5.74) is 1.83. The van der Waals surface area contributed by atoms with Gasteiger partial charge in [-0.1, -0.05) is 6.07 Å². The molecule has 140 valence electrons. The third-order valence-corrected chi connectivity index (χ3v) is 4.84. The second-order valence-corrected chi connectivity index (χ2v) is 6.77. The molecule has 1 aliphatic heterocycles. The highest BCUT2D eigenvalue weighted by atomic mass is 35.5. The van der Waals surface area contributed by atoms with E-state index in [0.29, 0.717) is 12.6 Å². The summed E-state index contributed by atoms with van der Waals surface area (Å²) in [6, 6.07) is 5.85. The van der Waals surface area contributed by atoms with Crippen molar-refractivity contribution in [2.75, 3.05) is 25.0 Å². The van der Waals surface area contributed by atoms with E-state index in [0.717, 1.165) is 55.8 Å². The van der Waals surface area contributed by atoms with E-state index in [9.17, 15) is 4.79 Å². The molecule has 1 saturated heterocycles. The number of hydrogen-bond acceptors (Lipinski definition) is 4. The van der Waals surface area contributed by atoms with E-state index in [2.05, 4.69) is 10.6 Å². The van der Waals surface area contributed by atoms with Gasteiger partial charge in [-0.25, -0.2) is 0 Å². The Labute approximate surface area is 156 Å². The van der Waals surface area contributed by atoms with Crippen LogP contribution in [0.3, 0.4) is 0 Å². The molecule has 1 aromatic rings. The van der Waals surface area contributed by atoms with E-state index in [4.69, 9.17) is 9.47 Å². The second kappa shape index (κ2) is 10.00. The van der Waals surface area contributed by atoms with Crippen molar-refractivity contribution in [2.24, 2.45) is 0 Å². The Hall–Kier alpha value is -1.30. The molecule has 5 nitrogen and oxygen atoms in total. The number of carbonyl (C=O) groups excluding carboxylic acids is 1. The van der Waals surface area contributed by atoms with Gasteiger partial charge in [-0.15, -0.1) is 12.4 Å². The van der Waals surface area contributed by atoms with Crippen LogP contribution in [0.15, 0.2) is 18.2 Å². The molecule has 1 unspecified atom stereocenters. The van der Waals surface area contributed by atoms with Crippen molar-refractivity contribution in [3.05, 3.63) is 23.8 Å². The summed E-state index contributed by atoms with van der Waals surface area (Å²) in [5, 5.41) is 6.15. The Bertz CT molecular complexity index is 556. The molecule has 1 atom stereocenters. The molecule has 0 radical (unpaired) electrons. The number of carbonyl (C=O) groups is 1. The smallest absolute Gasteiger partial charge is 0.238 e. The number of hydrogen-bond donors (Lipinski definition) is 2. The average Bonchev–Trinajstić information content (AvgIpc) is 3.25. The predicted octanol–water partition coefficient (Wildman–Crippen LogP) is 3.45. The lowest BCUT2D eigenvalue weighted by atomic mass is 10.1. The maximum Gasteiger partial charge on any atom is 0.238 e. The van der Waals surface area contributed by atoms with Gasteiger partial charge in [0.1, 0.15) is 5.75 Å². The molecule has 2 aliphatic rings. The lowest BCUT2D eigenvalue weighted by Gasteiger charge is -2.17. The maximum absolute atomic E-state index is 12.1. The quantitative estimate of drug-likeness (QED) is 0.774. The first-order chi connectivity index (χ1) is 11.7. The van der Waals surface area contributed by atoms with Crippen molar-refractivity contribution in [1.29, 1.82) is 0 Å². The zero-order valence-electron chi connectivity index (χ0n) is 14.9. The van der Waals surface area contributed by atoms with Gasteiger partial charge in [0.2, 0.25) is 5.91 Å². The van der Waals surface area contributed by atoms with E-state index in [1.54, 1.807) is 0 Å². The van der Waals surface area contributed by atoms with Crippen LogP contribution in [0.2, 0.25) is 0 Å². The van der Waals surface area contributed by atoms with Crippen LogP contribution >= 0.6 is 12.4 Å². The van der Waals surface area contributed by atoms with Gasteiger partial charge >= 0.3 is 0 Å². The molecule has 1 amide bonds. The summed E-state index contributed by atoms with van der Waals surface area (Å²) in [6.07, 6.45) is 7.52. The maximum atomic E-state index is 12.1. The Morgan fingerprint density at radius 3 is 2.76 bits per heavy atom. The SMILES string of the molecule is Cc1c(NC(=O)CNCC2CCCO2)cccc1OC1CCCC1.Cl. The molecule has 0 spiro atoms. The molecule has 3 rings (SSSR count). The highest BCUT2D eigenvalue weighted by molar-refractivity contribution is 5.93. The number of rotatable bonds is 7. The lowest BCUT2D eigenvalue weighted by molar-refractivity contribution is -0.115. The molecule has 1 aromatic carbocycles. The van der Waals surface area contributed by atoms with Gasteiger partial charge in [0.05, 0.1) is 18.8 Å². The molecule has 0 aromatic heterocycles. The van der Waals surface area contributed by atoms with E-state index < -0.39 is 0 Å². The average molecular weight is 369 g/mol. The van der Waals surface area contributed by atoms with Crippen LogP contribution in [-0.4, -0.2) is 37.8 Å². The van der Waals surface area contributed by atoms with Crippen LogP contribution < -0.4 is 15.4 Å². The number of benzene rings is 1. The van der Waals surface area contributed by atoms with Crippen molar-refractivity contribution < 1.29 is 14.3 Å². The van der Waals surface area contributed by atoms with Gasteiger partial charge in [0, 0.05) is 24.4 Å². The minimum absolute atomic E-state index is 0. The van der Waals surface area contributed by atoms with E-state index in [1.165, 1.54) is 12.8 Å². The molecular formula is C19H29ClN2O3. The first kappa shape index (κ1) is 20.0. The third kappa shape index (κ3) is 5.87. The number of halogens is 1. The van der Waals surface area contributed by atoms with E-state index >= 15 is 0 Å². The largest absolute Gasteiger partial charge is 0.490 e. The molecule has 6 heteroatoms. The molecule has 1 saturated carbocycles. The first-order valence-electron chi connectivity index (χ1n) is 9.11. The summed E-state index contributed by atoms with van der Waals surface area (Å²) >= 11 is 0. The Morgan fingerprint density at radius 1 is 1.24 bits per heavy atom. The monoisotopic (exact) mass is 368 g/mol. The van der Waals surface area contributed by atoms with Crippen molar-refractivity contribution in [1.82, 2.24) is 5.32 Å². The molecule has 2 fully saturated rings. The second-order valence-electron chi connectivity index (χ2n) is 6.77. The fourth-order valence-corrected chi connectivity index (χ4v) is 3.41. The summed E-state index contributed by atoms with van der Waals surface area (Å²) in [7, 11) is 0. The van der Waals surface area contributed by atoms with E-state index in [1.807, 2.05) is 25.1 Å². The molecular weight excluding hydrogens is 340 g/mol. The zero-order chi connectivity index (χ0) is 16.8. The molecule has 2 N–H and O–H groups in total.